The number of benzene rings is 5. The van der Waals surface area contributed by atoms with Gasteiger partial charge in [-0.2, -0.15) is 6.07 Å². The molecule has 0 N–H and O–H groups in total. The molecule has 0 aliphatic heterocycles. The molecule has 0 bridgehead atoms. The van der Waals surface area contributed by atoms with Crippen molar-refractivity contribution in [3.63, 3.8) is 0 Å². The van der Waals surface area contributed by atoms with Crippen LogP contribution >= 0.6 is 17.0 Å². The summed E-state index contributed by atoms with van der Waals surface area (Å²) in [5.41, 5.74) is 15.0. The topological polar surface area (TPSA) is 0 Å². The van der Waals surface area contributed by atoms with E-state index < -0.39 is 20.8 Å². The molecule has 4 heteroatoms. The van der Waals surface area contributed by atoms with Crippen LogP contribution in [0.25, 0.3) is 54.9 Å². The average molecular weight is 833 g/mol. The first-order valence-corrected chi connectivity index (χ1v) is 26.6. The Labute approximate surface area is 341 Å². The minimum atomic E-state index is -0.826. The van der Waals surface area contributed by atoms with Crippen LogP contribution in [0.4, 0.5) is 0 Å². The summed E-state index contributed by atoms with van der Waals surface area (Å²) in [5, 5.41) is 5.39. The molecule has 0 saturated heterocycles. The second kappa shape index (κ2) is 19.0. The number of halogens is 2. The van der Waals surface area contributed by atoms with Gasteiger partial charge in [-0.25, -0.2) is 0 Å². The van der Waals surface area contributed by atoms with Crippen molar-refractivity contribution in [3.05, 3.63) is 155 Å². The van der Waals surface area contributed by atoms with E-state index in [0.717, 1.165) is 9.52 Å². The molecular weight excluding hydrogens is 779 g/mol. The molecule has 7 aromatic carbocycles. The zero-order chi connectivity index (χ0) is 38.9. The average Bonchev–Trinajstić information content (AvgIpc) is 3.73. The van der Waals surface area contributed by atoms with Crippen LogP contribution in [0.15, 0.2) is 127 Å². The van der Waals surface area contributed by atoms with Gasteiger partial charge in [0, 0.05) is 9.52 Å². The first-order chi connectivity index (χ1) is 25.1. The Balaban J connectivity index is 0.000000210. The summed E-state index contributed by atoms with van der Waals surface area (Å²) in [6.45, 7) is 24.4. The van der Waals surface area contributed by atoms with E-state index in [2.05, 4.69) is 203 Å². The van der Waals surface area contributed by atoms with Crippen LogP contribution in [0.3, 0.4) is 0 Å². The van der Waals surface area contributed by atoms with Crippen LogP contribution in [-0.4, -0.2) is 9.52 Å². The molecule has 7 rings (SSSR count). The van der Waals surface area contributed by atoms with E-state index >= 15 is 0 Å². The maximum atomic E-state index is 4.93. The summed E-state index contributed by atoms with van der Waals surface area (Å²) in [7, 11) is 11.0. The first-order valence-electron chi connectivity index (χ1n) is 18.3. The van der Waals surface area contributed by atoms with Gasteiger partial charge in [-0.05, 0) is 40.0 Å². The number of hydrogen-bond donors (Lipinski definition) is 0. The van der Waals surface area contributed by atoms with Crippen molar-refractivity contribution in [2.45, 2.75) is 86.2 Å². The fraction of sp³-hybridized carbons (Fsp3) is 0.265. The van der Waals surface area contributed by atoms with Gasteiger partial charge in [0.05, 0.1) is 0 Å². The quantitative estimate of drug-likeness (QED) is 0.123. The van der Waals surface area contributed by atoms with Crippen molar-refractivity contribution < 1.29 is 20.8 Å². The van der Waals surface area contributed by atoms with E-state index in [1.807, 2.05) is 0 Å². The molecule has 0 atom stereocenters. The molecule has 0 nitrogen and oxygen atoms in total. The first kappa shape index (κ1) is 42.7. The van der Waals surface area contributed by atoms with Crippen LogP contribution in [0.1, 0.15) is 69.4 Å². The SMILES string of the molecule is C[Si]C.Cc1cc2c(-c3ccc(C(C)(C)C)cc3)ccc(C)c2[cH-]1.Cc1ccccc1-c1cc2c(-c3ccc(C(C)(C)C)cc3)cccc2[cH-]1.[Cl][Zr+2][Cl]. The van der Waals surface area contributed by atoms with E-state index in [1.165, 1.54) is 82.7 Å². The Hall–Kier alpha value is -3.00. The second-order valence-corrected chi connectivity index (χ2v) is 20.6. The molecule has 0 aliphatic rings. The third-order valence-corrected chi connectivity index (χ3v) is 9.58. The molecule has 0 fully saturated rings. The third kappa shape index (κ3) is 11.0. The normalized spacial score (nSPS) is 11.1. The minimum absolute atomic E-state index is 0.183. The third-order valence-electron chi connectivity index (χ3n) is 9.58. The number of hydrogen-bond acceptors (Lipinski definition) is 0. The van der Waals surface area contributed by atoms with Gasteiger partial charge in [-0.15, -0.1) is 68.6 Å². The molecule has 0 unspecified atom stereocenters. The monoisotopic (exact) mass is 830 g/mol. The van der Waals surface area contributed by atoms with Crippen molar-refractivity contribution in [2.24, 2.45) is 0 Å². The Bertz CT molecular complexity index is 2200. The van der Waals surface area contributed by atoms with Crippen molar-refractivity contribution >= 4 is 48.1 Å². The van der Waals surface area contributed by atoms with Crippen molar-refractivity contribution in [3.8, 4) is 33.4 Å². The summed E-state index contributed by atoms with van der Waals surface area (Å²) in [6.07, 6.45) is 0. The van der Waals surface area contributed by atoms with E-state index in [0.29, 0.717) is 0 Å². The molecule has 0 aromatic heterocycles. The summed E-state index contributed by atoms with van der Waals surface area (Å²) in [6, 6.07) is 47.0. The van der Waals surface area contributed by atoms with Gasteiger partial charge in [-0.3, -0.25) is 0 Å². The standard InChI is InChI=1S/C26H25.C21H23.C2H6Si.2ClH.Zr/c1-18-8-5-6-10-23(18)21-16-20-9-7-11-24(25(20)17-21)19-12-14-22(15-13-19)26(2,3)4;1-14-12-19-15(2)6-11-18(20(19)13-14)16-7-9-17(10-8-16)21(3,4)5;1-3-2;;;/h5-17H,1-4H3;6-13H,1-5H3;1-2H3;2*1H;/q2*-1;;;;+4/p-2. The van der Waals surface area contributed by atoms with Crippen molar-refractivity contribution in [1.29, 1.82) is 0 Å². The molecule has 0 saturated carbocycles. The molecule has 2 radical (unpaired) electrons. The number of rotatable bonds is 3. The van der Waals surface area contributed by atoms with E-state index in [1.54, 1.807) is 0 Å². The summed E-state index contributed by atoms with van der Waals surface area (Å²) < 4.78 is 0. The molecule has 0 aliphatic carbocycles. The maximum absolute atomic E-state index is 4.93. The van der Waals surface area contributed by atoms with Gasteiger partial charge in [0.1, 0.15) is 0 Å². The van der Waals surface area contributed by atoms with E-state index in [-0.39, 0.29) is 10.8 Å². The van der Waals surface area contributed by atoms with Gasteiger partial charge in [0.15, 0.2) is 0 Å². The zero-order valence-corrected chi connectivity index (χ0v) is 38.4. The molecule has 0 heterocycles. The molecule has 7 aromatic rings. The predicted molar refractivity (Wildman–Crippen MR) is 236 cm³/mol. The fourth-order valence-corrected chi connectivity index (χ4v) is 6.68. The molecule has 272 valence electrons. The molecule has 0 amide bonds. The van der Waals surface area contributed by atoms with E-state index in [4.69, 9.17) is 17.0 Å². The van der Waals surface area contributed by atoms with Crippen LogP contribution in [0.2, 0.25) is 13.1 Å². The molecular formula is C49H54Cl2SiZr. The van der Waals surface area contributed by atoms with Gasteiger partial charge < -0.3 is 0 Å². The zero-order valence-electron chi connectivity index (χ0n) is 33.4. The van der Waals surface area contributed by atoms with Crippen LogP contribution < -0.4 is 0 Å². The van der Waals surface area contributed by atoms with Crippen LogP contribution in [0.5, 0.6) is 0 Å². The summed E-state index contributed by atoms with van der Waals surface area (Å²) >= 11 is -0.826. The Morgan fingerprint density at radius 1 is 0.528 bits per heavy atom. The molecule has 53 heavy (non-hydrogen) atoms. The van der Waals surface area contributed by atoms with Gasteiger partial charge in [-0.1, -0.05) is 182 Å². The number of fused-ring (bicyclic) bond motifs is 2. The van der Waals surface area contributed by atoms with Crippen molar-refractivity contribution in [2.75, 3.05) is 0 Å². The molecule has 0 spiro atoms. The second-order valence-electron chi connectivity index (χ2n) is 15.9. The van der Waals surface area contributed by atoms with E-state index in [9.17, 15) is 0 Å². The van der Waals surface area contributed by atoms with Gasteiger partial charge >= 0.3 is 37.9 Å². The van der Waals surface area contributed by atoms with Gasteiger partial charge in [0.2, 0.25) is 0 Å². The number of aryl methyl sites for hydroxylation is 3. The van der Waals surface area contributed by atoms with Gasteiger partial charge in [0.25, 0.3) is 0 Å². The fourth-order valence-electron chi connectivity index (χ4n) is 6.68. The summed E-state index contributed by atoms with van der Waals surface area (Å²) in [4.78, 5) is 0. The summed E-state index contributed by atoms with van der Waals surface area (Å²) in [5.74, 6) is 0. The predicted octanol–water partition coefficient (Wildman–Crippen LogP) is 15.8. The van der Waals surface area contributed by atoms with Crippen LogP contribution in [-0.2, 0) is 31.7 Å². The van der Waals surface area contributed by atoms with Crippen LogP contribution in [0, 0.1) is 20.8 Å². The Morgan fingerprint density at radius 2 is 1.02 bits per heavy atom. The Kier molecular flexibility index (Phi) is 15.4. The Morgan fingerprint density at radius 3 is 1.53 bits per heavy atom. The van der Waals surface area contributed by atoms with Crippen molar-refractivity contribution in [1.82, 2.24) is 0 Å².